The first kappa shape index (κ1) is 21.1. The normalized spacial score (nSPS) is 21.8. The highest BCUT2D eigenvalue weighted by Gasteiger charge is 2.37. The standard InChI is InChI=1S/C16H15ClN5O6PS/c17-8-2-1-3-9(4-8)27-29(24)28-25-6-11-10(23)5-12(26-11)22-7-19-13-14(22)20-16(18)21-15(13)30/h1-4,7,10-12,23H,5-6H2,(H2-,18,20,21,30)/p+1/t10-,11+,12+/m0/s1. The maximum Gasteiger partial charge on any atom is 0.781 e. The average Bonchev–Trinajstić information content (AvgIpc) is 3.25. The molecule has 4 N–H and O–H groups in total. The topological polar surface area (TPSA) is 147 Å². The van der Waals surface area contributed by atoms with Gasteiger partial charge in [0, 0.05) is 22.1 Å². The number of fused-ring (bicyclic) bond motifs is 1. The van der Waals surface area contributed by atoms with E-state index in [4.69, 9.17) is 48.4 Å². The van der Waals surface area contributed by atoms with Gasteiger partial charge in [-0.1, -0.05) is 29.9 Å². The lowest BCUT2D eigenvalue weighted by atomic mass is 10.2. The zero-order valence-corrected chi connectivity index (χ0v) is 17.6. The van der Waals surface area contributed by atoms with Crippen LogP contribution in [0.15, 0.2) is 30.6 Å². The third kappa shape index (κ3) is 4.60. The zero-order chi connectivity index (χ0) is 21.3. The van der Waals surface area contributed by atoms with Crippen LogP contribution in [0.2, 0.25) is 5.02 Å². The molecule has 1 aliphatic heterocycles. The summed E-state index contributed by atoms with van der Waals surface area (Å²) in [6, 6.07) is 6.34. The monoisotopic (exact) mass is 472 g/mol. The molecule has 0 bridgehead atoms. The van der Waals surface area contributed by atoms with Crippen molar-refractivity contribution >= 4 is 49.2 Å². The van der Waals surface area contributed by atoms with Crippen LogP contribution in [-0.2, 0) is 18.9 Å². The van der Waals surface area contributed by atoms with Crippen molar-refractivity contribution in [2.75, 3.05) is 12.3 Å². The van der Waals surface area contributed by atoms with Crippen molar-refractivity contribution in [3.05, 3.63) is 40.3 Å². The molecular weight excluding hydrogens is 457 g/mol. The molecule has 0 saturated carbocycles. The van der Waals surface area contributed by atoms with Crippen LogP contribution in [0.25, 0.3) is 11.2 Å². The molecule has 1 unspecified atom stereocenters. The van der Waals surface area contributed by atoms with Gasteiger partial charge in [0.25, 0.3) is 0 Å². The Hall–Kier alpha value is -2.18. The summed E-state index contributed by atoms with van der Waals surface area (Å²) in [6.07, 6.45) is -0.366. The van der Waals surface area contributed by atoms with Crippen LogP contribution in [0.4, 0.5) is 5.95 Å². The summed E-state index contributed by atoms with van der Waals surface area (Å²) in [5.74, 6) is 0.409. The summed E-state index contributed by atoms with van der Waals surface area (Å²) in [4.78, 5) is 16.0. The first-order valence-corrected chi connectivity index (χ1v) is 10.5. The Kier molecular flexibility index (Phi) is 6.25. The van der Waals surface area contributed by atoms with Crippen molar-refractivity contribution in [1.29, 1.82) is 0 Å². The molecule has 0 spiro atoms. The number of hydrogen-bond donors (Lipinski definition) is 3. The zero-order valence-electron chi connectivity index (χ0n) is 15.2. The fourth-order valence-electron chi connectivity index (χ4n) is 2.97. The molecule has 1 aliphatic rings. The van der Waals surface area contributed by atoms with Gasteiger partial charge in [-0.2, -0.15) is 4.89 Å². The number of halogens is 1. The highest BCUT2D eigenvalue weighted by molar-refractivity contribution is 7.71. The summed E-state index contributed by atoms with van der Waals surface area (Å²) in [5, 5.41) is 10.7. The number of hydrogen-bond acceptors (Lipinski definition) is 10. The van der Waals surface area contributed by atoms with Crippen LogP contribution < -0.4 is 10.3 Å². The van der Waals surface area contributed by atoms with Crippen LogP contribution in [0.5, 0.6) is 5.75 Å². The van der Waals surface area contributed by atoms with Crippen LogP contribution in [-0.4, -0.2) is 43.4 Å². The quantitative estimate of drug-likeness (QED) is 0.203. The molecule has 158 valence electrons. The minimum absolute atomic E-state index is 0.143. The predicted molar refractivity (Wildman–Crippen MR) is 108 cm³/mol. The molecule has 2 aromatic heterocycles. The SMILES string of the molecule is Nc1nc(=S)c2ncn([C@H]3C[C@H](O)[C@@H](COO[P+](=O)Oc4cccc(Cl)c4)O3)c2[nH]1. The summed E-state index contributed by atoms with van der Waals surface area (Å²) in [7, 11) is -2.60. The van der Waals surface area contributed by atoms with Crippen LogP contribution in [0.3, 0.4) is 0 Å². The number of rotatable bonds is 7. The van der Waals surface area contributed by atoms with Gasteiger partial charge in [-0.25, -0.2) is 14.5 Å². The van der Waals surface area contributed by atoms with Crippen LogP contribution in [0.1, 0.15) is 12.6 Å². The fraction of sp³-hybridized carbons (Fsp3) is 0.312. The minimum atomic E-state index is -2.60. The molecule has 1 saturated heterocycles. The number of nitrogens with zero attached hydrogens (tertiary/aromatic N) is 3. The molecule has 0 aliphatic carbocycles. The van der Waals surface area contributed by atoms with Gasteiger partial charge in [0.2, 0.25) is 0 Å². The predicted octanol–water partition coefficient (Wildman–Crippen LogP) is 3.06. The van der Waals surface area contributed by atoms with E-state index in [1.54, 1.807) is 22.8 Å². The number of H-pyrrole nitrogens is 1. The first-order valence-electron chi connectivity index (χ1n) is 8.67. The van der Waals surface area contributed by atoms with E-state index in [1.165, 1.54) is 12.4 Å². The number of nitrogens with one attached hydrogen (secondary N) is 1. The van der Waals surface area contributed by atoms with Gasteiger partial charge in [0.05, 0.1) is 17.1 Å². The lowest BCUT2D eigenvalue weighted by Crippen LogP contribution is -2.26. The minimum Gasteiger partial charge on any atom is -0.390 e. The second-order valence-corrected chi connectivity index (χ2v) is 7.94. The van der Waals surface area contributed by atoms with Gasteiger partial charge in [-0.15, -0.1) is 0 Å². The number of aliphatic hydroxyl groups excluding tert-OH is 1. The Morgan fingerprint density at radius 2 is 2.33 bits per heavy atom. The summed E-state index contributed by atoms with van der Waals surface area (Å²) >= 11 is 11.0. The molecule has 4 rings (SSSR count). The number of aromatic nitrogens is 4. The number of nitrogens with two attached hydrogens (primary N) is 1. The number of aliphatic hydroxyl groups is 1. The second-order valence-electron chi connectivity index (χ2n) is 6.34. The fourth-order valence-corrected chi connectivity index (χ4v) is 3.86. The molecule has 4 atom stereocenters. The molecule has 3 heterocycles. The van der Waals surface area contributed by atoms with E-state index in [2.05, 4.69) is 15.0 Å². The first-order chi connectivity index (χ1) is 14.4. The van der Waals surface area contributed by atoms with Gasteiger partial charge < -0.3 is 20.6 Å². The van der Waals surface area contributed by atoms with Gasteiger partial charge in [-0.05, 0) is 12.1 Å². The molecule has 30 heavy (non-hydrogen) atoms. The largest absolute Gasteiger partial charge is 0.781 e. The van der Waals surface area contributed by atoms with Crippen molar-refractivity contribution in [1.82, 2.24) is 19.5 Å². The van der Waals surface area contributed by atoms with Crippen molar-refractivity contribution in [3.8, 4) is 5.75 Å². The smallest absolute Gasteiger partial charge is 0.390 e. The maximum absolute atomic E-state index is 11.8. The number of aromatic amines is 1. The molecule has 11 nitrogen and oxygen atoms in total. The molecular formula is C16H16ClN5O6PS+. The Morgan fingerprint density at radius 1 is 1.50 bits per heavy atom. The van der Waals surface area contributed by atoms with Crippen LogP contribution >= 0.6 is 32.1 Å². The van der Waals surface area contributed by atoms with Gasteiger partial charge >= 0.3 is 8.25 Å². The van der Waals surface area contributed by atoms with Crippen molar-refractivity contribution < 1.29 is 28.5 Å². The Labute approximate surface area is 180 Å². The Balaban J connectivity index is 1.34. The highest BCUT2D eigenvalue weighted by atomic mass is 35.5. The maximum atomic E-state index is 11.8. The Bertz CT molecular complexity index is 1140. The number of benzene rings is 1. The summed E-state index contributed by atoms with van der Waals surface area (Å²) in [6.45, 7) is -0.177. The summed E-state index contributed by atoms with van der Waals surface area (Å²) < 4.78 is 29.4. The molecule has 1 aromatic carbocycles. The molecule has 0 amide bonds. The number of ether oxygens (including phenoxy) is 1. The van der Waals surface area contributed by atoms with Crippen molar-refractivity contribution in [2.24, 2.45) is 0 Å². The van der Waals surface area contributed by atoms with E-state index < -0.39 is 26.7 Å². The molecule has 3 aromatic rings. The third-order valence-electron chi connectivity index (χ3n) is 4.30. The second kappa shape index (κ2) is 8.90. The highest BCUT2D eigenvalue weighted by Crippen LogP contribution is 2.33. The van der Waals surface area contributed by atoms with Gasteiger partial charge in [0.1, 0.15) is 30.1 Å². The van der Waals surface area contributed by atoms with E-state index >= 15 is 0 Å². The number of imidazole rings is 1. The summed E-state index contributed by atoms with van der Waals surface area (Å²) in [5.41, 5.74) is 6.71. The van der Waals surface area contributed by atoms with Gasteiger partial charge in [-0.3, -0.25) is 4.57 Å². The van der Waals surface area contributed by atoms with E-state index in [0.717, 1.165) is 0 Å². The van der Waals surface area contributed by atoms with E-state index in [-0.39, 0.29) is 29.4 Å². The molecule has 1 fully saturated rings. The lowest BCUT2D eigenvalue weighted by Gasteiger charge is -2.14. The third-order valence-corrected chi connectivity index (χ3v) is 5.41. The number of nitrogen functional groups attached to an aromatic ring is 1. The van der Waals surface area contributed by atoms with Crippen molar-refractivity contribution in [3.63, 3.8) is 0 Å². The van der Waals surface area contributed by atoms with E-state index in [9.17, 15) is 9.67 Å². The van der Waals surface area contributed by atoms with Crippen LogP contribution in [0, 0.1) is 4.64 Å². The molecule has 0 radical (unpaired) electrons. The molecule has 14 heteroatoms. The van der Waals surface area contributed by atoms with Gasteiger partial charge in [0.15, 0.2) is 16.3 Å². The average molecular weight is 473 g/mol. The lowest BCUT2D eigenvalue weighted by molar-refractivity contribution is -0.233. The van der Waals surface area contributed by atoms with E-state index in [0.29, 0.717) is 16.2 Å². The Morgan fingerprint density at radius 3 is 3.13 bits per heavy atom. The van der Waals surface area contributed by atoms with Crippen molar-refractivity contribution in [2.45, 2.75) is 24.9 Å². The van der Waals surface area contributed by atoms with E-state index in [1.807, 2.05) is 0 Å². The number of anilines is 1.